The maximum atomic E-state index is 5.36. The van der Waals surface area contributed by atoms with Crippen molar-refractivity contribution in [3.63, 3.8) is 0 Å². The number of aromatic nitrogens is 6. The fourth-order valence-corrected chi connectivity index (χ4v) is 13.0. The Bertz CT molecular complexity index is 2730. The highest BCUT2D eigenvalue weighted by atomic mass is 15.2. The highest BCUT2D eigenvalue weighted by molar-refractivity contribution is 5.81. The molecule has 0 aliphatic heterocycles. The van der Waals surface area contributed by atoms with Crippen molar-refractivity contribution in [3.8, 4) is 67.8 Å². The zero-order chi connectivity index (χ0) is 62.7. The predicted molar refractivity (Wildman–Crippen MR) is 388 cm³/mol. The molecule has 6 heteroatoms. The van der Waals surface area contributed by atoms with E-state index < -0.39 is 0 Å². The van der Waals surface area contributed by atoms with Gasteiger partial charge in [-0.25, -0.2) is 9.97 Å². The third kappa shape index (κ3) is 26.8. The van der Waals surface area contributed by atoms with Crippen LogP contribution in [0.15, 0.2) is 121 Å². The number of benzene rings is 5. The van der Waals surface area contributed by atoms with Crippen LogP contribution in [0, 0.1) is 0 Å². The third-order valence-corrected chi connectivity index (χ3v) is 19.0. The highest BCUT2D eigenvalue weighted by Crippen LogP contribution is 2.34. The van der Waals surface area contributed by atoms with E-state index in [-0.39, 0.29) is 0 Å². The number of hydrogen-bond acceptors (Lipinski definition) is 6. The van der Waals surface area contributed by atoms with E-state index in [2.05, 4.69) is 149 Å². The molecule has 0 radical (unpaired) electrons. The molecule has 0 saturated carbocycles. The van der Waals surface area contributed by atoms with Crippen molar-refractivity contribution in [2.75, 3.05) is 0 Å². The Labute approximate surface area is 549 Å². The van der Waals surface area contributed by atoms with Crippen LogP contribution in [0.5, 0.6) is 0 Å². The molecule has 5 aromatic carbocycles. The minimum absolute atomic E-state index is 0.594. The first-order chi connectivity index (χ1) is 44.6. The molecule has 2 aromatic heterocycles. The van der Waals surface area contributed by atoms with Crippen LogP contribution >= 0.6 is 0 Å². The van der Waals surface area contributed by atoms with E-state index in [9.17, 15) is 0 Å². The van der Waals surface area contributed by atoms with Gasteiger partial charge in [0.2, 0.25) is 0 Å². The first kappa shape index (κ1) is 71.6. The van der Waals surface area contributed by atoms with Crippen molar-refractivity contribution < 1.29 is 0 Å². The van der Waals surface area contributed by atoms with Gasteiger partial charge in [-0.15, -0.1) is 20.4 Å². The van der Waals surface area contributed by atoms with E-state index in [1.165, 1.54) is 279 Å². The SMILES string of the molecule is CCCCCCCCCCCCc1ccc(-c2nnc(-c3ccc(-c4nnc(-c5ccc(CCCCCCCCCCCC)cc5)c(-c5ccc(CCCCCCCCCCCC)cc5)n4)cc3)nc2-c2ccc(CCCCCCCCCCCC)cc2)cc1. The number of unbranched alkanes of at least 4 members (excludes halogenated alkanes) is 36. The van der Waals surface area contributed by atoms with E-state index >= 15 is 0 Å². The van der Waals surface area contributed by atoms with Gasteiger partial charge in [0.1, 0.15) is 22.8 Å². The summed E-state index contributed by atoms with van der Waals surface area (Å²) in [7, 11) is 0. The molecule has 2 heterocycles. The summed E-state index contributed by atoms with van der Waals surface area (Å²) in [6.07, 6.45) is 58.5. The van der Waals surface area contributed by atoms with Gasteiger partial charge in [-0.1, -0.05) is 380 Å². The average Bonchev–Trinajstić information content (AvgIpc) is 0.970. The number of aryl methyl sites for hydroxylation is 4. The molecule has 90 heavy (non-hydrogen) atoms. The van der Waals surface area contributed by atoms with Crippen LogP contribution in [0.3, 0.4) is 0 Å². The van der Waals surface area contributed by atoms with E-state index in [4.69, 9.17) is 30.4 Å². The fourth-order valence-electron chi connectivity index (χ4n) is 13.0. The van der Waals surface area contributed by atoms with Crippen LogP contribution in [0.4, 0.5) is 0 Å². The Morgan fingerprint density at radius 1 is 0.178 bits per heavy atom. The molecule has 0 saturated heterocycles. The summed E-state index contributed by atoms with van der Waals surface area (Å²) >= 11 is 0. The predicted octanol–water partition coefficient (Wildman–Crippen LogP) is 25.9. The molecule has 0 unspecified atom stereocenters. The van der Waals surface area contributed by atoms with Crippen LogP contribution < -0.4 is 0 Å². The molecular formula is C84H120N6. The molecule has 486 valence electrons. The summed E-state index contributed by atoms with van der Waals surface area (Å²) < 4.78 is 0. The minimum atomic E-state index is 0.594. The maximum Gasteiger partial charge on any atom is 0.182 e. The van der Waals surface area contributed by atoms with Gasteiger partial charge >= 0.3 is 0 Å². The summed E-state index contributed by atoms with van der Waals surface area (Å²) in [6.45, 7) is 9.19. The molecule has 0 bridgehead atoms. The van der Waals surface area contributed by atoms with Crippen molar-refractivity contribution in [1.29, 1.82) is 0 Å². The van der Waals surface area contributed by atoms with Gasteiger partial charge in [-0.2, -0.15) is 0 Å². The Hall–Kier alpha value is -5.88. The lowest BCUT2D eigenvalue weighted by atomic mass is 9.98. The summed E-state index contributed by atoms with van der Waals surface area (Å²) in [6, 6.07) is 44.6. The van der Waals surface area contributed by atoms with Crippen LogP contribution in [-0.4, -0.2) is 30.4 Å². The molecular weight excluding hydrogens is 1090 g/mol. The monoisotopic (exact) mass is 1210 g/mol. The molecule has 0 fully saturated rings. The van der Waals surface area contributed by atoms with Crippen molar-refractivity contribution in [3.05, 3.63) is 144 Å². The lowest BCUT2D eigenvalue weighted by Gasteiger charge is -2.12. The second-order valence-corrected chi connectivity index (χ2v) is 26.8. The van der Waals surface area contributed by atoms with E-state index in [1.54, 1.807) is 0 Å². The fraction of sp³-hybridized carbons (Fsp3) is 0.571. The van der Waals surface area contributed by atoms with Gasteiger partial charge in [0.25, 0.3) is 0 Å². The second-order valence-electron chi connectivity index (χ2n) is 26.8. The molecule has 0 aliphatic rings. The summed E-state index contributed by atoms with van der Waals surface area (Å²) in [5.41, 5.74) is 14.8. The summed E-state index contributed by atoms with van der Waals surface area (Å²) in [5, 5.41) is 19.7. The largest absolute Gasteiger partial charge is 0.224 e. The van der Waals surface area contributed by atoms with Crippen LogP contribution in [0.1, 0.15) is 307 Å². The summed E-state index contributed by atoms with van der Waals surface area (Å²) in [4.78, 5) is 10.7. The molecule has 0 aliphatic carbocycles. The first-order valence-electron chi connectivity index (χ1n) is 37.5. The van der Waals surface area contributed by atoms with Gasteiger partial charge in [-0.05, 0) is 73.6 Å². The van der Waals surface area contributed by atoms with E-state index in [0.717, 1.165) is 81.8 Å². The van der Waals surface area contributed by atoms with Crippen LogP contribution in [0.25, 0.3) is 67.8 Å². The molecule has 6 nitrogen and oxygen atoms in total. The third-order valence-electron chi connectivity index (χ3n) is 19.0. The van der Waals surface area contributed by atoms with Gasteiger partial charge in [0.15, 0.2) is 11.6 Å². The molecule has 0 spiro atoms. The van der Waals surface area contributed by atoms with Crippen LogP contribution in [-0.2, 0) is 25.7 Å². The lowest BCUT2D eigenvalue weighted by molar-refractivity contribution is 0.556. The Morgan fingerprint density at radius 3 is 0.567 bits per heavy atom. The normalized spacial score (nSPS) is 11.5. The van der Waals surface area contributed by atoms with Gasteiger partial charge in [-0.3, -0.25) is 0 Å². The topological polar surface area (TPSA) is 77.3 Å². The zero-order valence-corrected chi connectivity index (χ0v) is 57.3. The molecule has 0 atom stereocenters. The number of hydrogen-bond donors (Lipinski definition) is 0. The van der Waals surface area contributed by atoms with Crippen molar-refractivity contribution in [2.45, 2.75) is 310 Å². The summed E-state index contributed by atoms with van der Waals surface area (Å²) in [5.74, 6) is 1.19. The van der Waals surface area contributed by atoms with Gasteiger partial charge in [0, 0.05) is 33.4 Å². The maximum absolute atomic E-state index is 5.36. The van der Waals surface area contributed by atoms with Crippen molar-refractivity contribution in [1.82, 2.24) is 30.4 Å². The Balaban J connectivity index is 1.05. The van der Waals surface area contributed by atoms with E-state index in [0.29, 0.717) is 11.6 Å². The van der Waals surface area contributed by atoms with Gasteiger partial charge in [0.05, 0.1) is 0 Å². The van der Waals surface area contributed by atoms with Crippen molar-refractivity contribution in [2.24, 2.45) is 0 Å². The van der Waals surface area contributed by atoms with Gasteiger partial charge < -0.3 is 0 Å². The molecule has 7 aromatic rings. The second kappa shape index (κ2) is 44.6. The average molecular weight is 1210 g/mol. The Morgan fingerprint density at radius 2 is 0.356 bits per heavy atom. The van der Waals surface area contributed by atoms with E-state index in [1.807, 2.05) is 0 Å². The quantitative estimate of drug-likeness (QED) is 0.0354. The molecule has 0 N–H and O–H groups in total. The smallest absolute Gasteiger partial charge is 0.182 e. The standard InChI is InChI=1S/C84H120N6/c1-5-9-13-17-21-25-29-33-37-41-45-69-49-57-73(58-50-69)79-81(75-61-53-71(54-62-75)47-43-39-35-31-27-23-19-15-11-7-3)87-89-83(85-79)77-65-67-78(68-66-77)84-86-80(74-59-51-70(52-60-74)46-42-38-34-30-26-22-18-14-10-6-2)82(88-90-84)76-63-55-72(56-64-76)48-44-40-36-32-28-24-20-16-12-8-4/h49-68H,5-48H2,1-4H3. The molecule has 0 amide bonds. The Kier molecular flexibility index (Phi) is 35.5. The number of nitrogens with zero attached hydrogens (tertiary/aromatic N) is 6. The zero-order valence-electron chi connectivity index (χ0n) is 57.3. The number of rotatable bonds is 50. The molecule has 7 rings (SSSR count). The highest BCUT2D eigenvalue weighted by Gasteiger charge is 2.19. The first-order valence-corrected chi connectivity index (χ1v) is 37.5. The van der Waals surface area contributed by atoms with Crippen molar-refractivity contribution >= 4 is 0 Å². The lowest BCUT2D eigenvalue weighted by Crippen LogP contribution is -2.01. The minimum Gasteiger partial charge on any atom is -0.224 e. The van der Waals surface area contributed by atoms with Crippen LogP contribution in [0.2, 0.25) is 0 Å².